The second-order valence-electron chi connectivity index (χ2n) is 10.4. The van der Waals surface area contributed by atoms with Crippen molar-refractivity contribution in [1.29, 1.82) is 0 Å². The summed E-state index contributed by atoms with van der Waals surface area (Å²) in [6, 6.07) is 21.6. The Morgan fingerprint density at radius 3 is 2.72 bits per heavy atom. The molecule has 2 N–H and O–H groups in total. The number of pyridine rings is 2. The van der Waals surface area contributed by atoms with E-state index in [-0.39, 0.29) is 5.82 Å². The number of hydrogen-bond acceptors (Lipinski definition) is 6. The van der Waals surface area contributed by atoms with E-state index in [1.54, 1.807) is 18.2 Å². The minimum Gasteiger partial charge on any atom is -0.375 e. The summed E-state index contributed by atoms with van der Waals surface area (Å²) in [4.78, 5) is 22.6. The zero-order valence-corrected chi connectivity index (χ0v) is 22.4. The largest absolute Gasteiger partial charge is 0.375 e. The standard InChI is InChI=1S/C31H32FN7/c1-20-7-6-10-28(35-20)31-30(36-29(37-31)18-34-27-9-5-4-8-25(27)32)21-11-12-26-22(15-21)16-24(17-33-26)39-14-13-23(19-39)38(2)3/h4-12,15-17,23,34H,13-14,18-19H2,1-3H3,(H,36,37)/t23-/m0/s1. The van der Waals surface area contributed by atoms with Crippen molar-refractivity contribution in [3.63, 3.8) is 0 Å². The van der Waals surface area contributed by atoms with Gasteiger partial charge in [-0.1, -0.05) is 24.3 Å². The molecule has 5 aromatic rings. The highest BCUT2D eigenvalue weighted by molar-refractivity contribution is 5.88. The number of anilines is 2. The lowest BCUT2D eigenvalue weighted by atomic mass is 10.0. The van der Waals surface area contributed by atoms with Crippen LogP contribution in [0.2, 0.25) is 0 Å². The molecule has 0 saturated carbocycles. The SMILES string of the molecule is Cc1cccc(-c2[nH]c(CNc3ccccc3F)nc2-c2ccc3ncc(N4CC[C@H](N(C)C)C4)cc3c2)n1. The Bertz CT molecular complexity index is 1630. The molecule has 1 aliphatic heterocycles. The fourth-order valence-electron chi connectivity index (χ4n) is 5.20. The van der Waals surface area contributed by atoms with Crippen molar-refractivity contribution in [2.24, 2.45) is 0 Å². The Hall–Kier alpha value is -4.30. The Morgan fingerprint density at radius 2 is 1.92 bits per heavy atom. The van der Waals surface area contributed by atoms with Gasteiger partial charge in [0.2, 0.25) is 0 Å². The van der Waals surface area contributed by atoms with Gasteiger partial charge in [-0.25, -0.2) is 9.37 Å². The van der Waals surface area contributed by atoms with E-state index in [0.717, 1.165) is 64.4 Å². The van der Waals surface area contributed by atoms with Gasteiger partial charge in [0.15, 0.2) is 0 Å². The minimum atomic E-state index is -0.294. The summed E-state index contributed by atoms with van der Waals surface area (Å²) in [5.41, 5.74) is 6.87. The number of rotatable bonds is 7. The molecule has 198 valence electrons. The number of aromatic amines is 1. The Labute approximate surface area is 227 Å². The van der Waals surface area contributed by atoms with E-state index in [2.05, 4.69) is 52.4 Å². The molecule has 39 heavy (non-hydrogen) atoms. The molecule has 0 unspecified atom stereocenters. The molecule has 0 aliphatic carbocycles. The number of fused-ring (bicyclic) bond motifs is 1. The summed E-state index contributed by atoms with van der Waals surface area (Å²) in [6.45, 7) is 4.35. The van der Waals surface area contributed by atoms with Gasteiger partial charge in [-0.2, -0.15) is 0 Å². The summed E-state index contributed by atoms with van der Waals surface area (Å²) in [6.07, 6.45) is 3.12. The average molecular weight is 522 g/mol. The van der Waals surface area contributed by atoms with Gasteiger partial charge in [-0.15, -0.1) is 0 Å². The van der Waals surface area contributed by atoms with E-state index in [9.17, 15) is 4.39 Å². The van der Waals surface area contributed by atoms with Crippen LogP contribution < -0.4 is 10.2 Å². The average Bonchev–Trinajstić information content (AvgIpc) is 3.60. The Kier molecular flexibility index (Phi) is 6.70. The summed E-state index contributed by atoms with van der Waals surface area (Å²) >= 11 is 0. The maximum atomic E-state index is 14.2. The van der Waals surface area contributed by atoms with Gasteiger partial charge in [0, 0.05) is 35.8 Å². The first kappa shape index (κ1) is 25.0. The van der Waals surface area contributed by atoms with Gasteiger partial charge < -0.3 is 20.1 Å². The lowest BCUT2D eigenvalue weighted by molar-refractivity contribution is 0.315. The van der Waals surface area contributed by atoms with Crippen molar-refractivity contribution in [2.75, 3.05) is 37.4 Å². The predicted octanol–water partition coefficient (Wildman–Crippen LogP) is 5.89. The van der Waals surface area contributed by atoms with E-state index in [0.29, 0.717) is 24.1 Å². The first-order valence-electron chi connectivity index (χ1n) is 13.3. The van der Waals surface area contributed by atoms with Crippen LogP contribution in [0.15, 0.2) is 72.9 Å². The summed E-state index contributed by atoms with van der Waals surface area (Å²) in [5.74, 6) is 0.405. The maximum Gasteiger partial charge on any atom is 0.146 e. The highest BCUT2D eigenvalue weighted by Gasteiger charge is 2.24. The molecule has 7 nitrogen and oxygen atoms in total. The van der Waals surface area contributed by atoms with Gasteiger partial charge in [0.05, 0.1) is 46.7 Å². The smallest absolute Gasteiger partial charge is 0.146 e. The molecule has 0 bridgehead atoms. The summed E-state index contributed by atoms with van der Waals surface area (Å²) in [5, 5.41) is 4.22. The van der Waals surface area contributed by atoms with Crippen LogP contribution >= 0.6 is 0 Å². The minimum absolute atomic E-state index is 0.294. The fraction of sp³-hybridized carbons (Fsp3) is 0.258. The van der Waals surface area contributed by atoms with Crippen LogP contribution in [-0.4, -0.2) is 58.1 Å². The molecule has 6 rings (SSSR count). The Morgan fingerprint density at radius 1 is 1.05 bits per heavy atom. The third kappa shape index (κ3) is 5.20. The van der Waals surface area contributed by atoms with Crippen LogP contribution in [0.5, 0.6) is 0 Å². The maximum absolute atomic E-state index is 14.2. The third-order valence-electron chi connectivity index (χ3n) is 7.42. The van der Waals surface area contributed by atoms with Crippen molar-refractivity contribution < 1.29 is 4.39 Å². The van der Waals surface area contributed by atoms with E-state index < -0.39 is 0 Å². The molecular formula is C31H32FN7. The topological polar surface area (TPSA) is 73.0 Å². The molecule has 0 radical (unpaired) electrons. The number of imidazole rings is 1. The quantitative estimate of drug-likeness (QED) is 0.278. The van der Waals surface area contributed by atoms with Crippen LogP contribution in [0, 0.1) is 12.7 Å². The highest BCUT2D eigenvalue weighted by atomic mass is 19.1. The zero-order valence-electron chi connectivity index (χ0n) is 22.4. The first-order chi connectivity index (χ1) is 18.9. The fourth-order valence-corrected chi connectivity index (χ4v) is 5.20. The number of hydrogen-bond donors (Lipinski definition) is 2. The molecule has 2 aromatic carbocycles. The molecule has 0 amide bonds. The predicted molar refractivity (Wildman–Crippen MR) is 155 cm³/mol. The number of para-hydroxylation sites is 1. The number of halogens is 1. The molecular weight excluding hydrogens is 489 g/mol. The van der Waals surface area contributed by atoms with Crippen LogP contribution in [0.1, 0.15) is 17.9 Å². The van der Waals surface area contributed by atoms with Gasteiger partial charge in [-0.3, -0.25) is 9.97 Å². The second kappa shape index (κ2) is 10.5. The molecule has 1 saturated heterocycles. The normalized spacial score (nSPS) is 15.4. The third-order valence-corrected chi connectivity index (χ3v) is 7.42. The van der Waals surface area contributed by atoms with Crippen LogP contribution in [0.4, 0.5) is 15.8 Å². The van der Waals surface area contributed by atoms with Gasteiger partial charge in [-0.05, 0) is 69.9 Å². The van der Waals surface area contributed by atoms with E-state index in [4.69, 9.17) is 15.0 Å². The Balaban J connectivity index is 1.36. The van der Waals surface area contributed by atoms with Crippen molar-refractivity contribution in [3.8, 4) is 22.6 Å². The molecule has 3 aromatic heterocycles. The second-order valence-corrected chi connectivity index (χ2v) is 10.4. The number of H-pyrrole nitrogens is 1. The molecule has 1 atom stereocenters. The zero-order chi connectivity index (χ0) is 26.9. The monoisotopic (exact) mass is 521 g/mol. The number of benzene rings is 2. The summed E-state index contributed by atoms with van der Waals surface area (Å²) in [7, 11) is 4.29. The van der Waals surface area contributed by atoms with Crippen molar-refractivity contribution >= 4 is 22.3 Å². The first-order valence-corrected chi connectivity index (χ1v) is 13.3. The van der Waals surface area contributed by atoms with Crippen LogP contribution in [0.3, 0.4) is 0 Å². The molecule has 1 aliphatic rings. The lowest BCUT2D eigenvalue weighted by Gasteiger charge is -2.21. The highest BCUT2D eigenvalue weighted by Crippen LogP contribution is 2.33. The van der Waals surface area contributed by atoms with E-state index >= 15 is 0 Å². The molecule has 1 fully saturated rings. The molecule has 4 heterocycles. The number of nitrogens with zero attached hydrogens (tertiary/aromatic N) is 5. The summed E-state index contributed by atoms with van der Waals surface area (Å²) < 4.78 is 14.2. The molecule has 0 spiro atoms. The van der Waals surface area contributed by atoms with Gasteiger partial charge in [0.1, 0.15) is 11.6 Å². The van der Waals surface area contributed by atoms with Crippen molar-refractivity contribution in [3.05, 3.63) is 90.3 Å². The molecule has 8 heteroatoms. The van der Waals surface area contributed by atoms with E-state index in [1.807, 2.05) is 37.4 Å². The van der Waals surface area contributed by atoms with Crippen molar-refractivity contribution in [1.82, 2.24) is 24.8 Å². The number of likely N-dealkylation sites (N-methyl/N-ethyl adjacent to an activating group) is 1. The number of nitrogens with one attached hydrogen (secondary N) is 2. The van der Waals surface area contributed by atoms with Crippen LogP contribution in [-0.2, 0) is 6.54 Å². The van der Waals surface area contributed by atoms with Gasteiger partial charge in [0.25, 0.3) is 0 Å². The number of aryl methyl sites for hydroxylation is 1. The van der Waals surface area contributed by atoms with Crippen molar-refractivity contribution in [2.45, 2.75) is 25.9 Å². The number of aromatic nitrogens is 4. The van der Waals surface area contributed by atoms with Gasteiger partial charge >= 0.3 is 0 Å². The van der Waals surface area contributed by atoms with E-state index in [1.165, 1.54) is 6.07 Å². The lowest BCUT2D eigenvalue weighted by Crippen LogP contribution is -2.31. The van der Waals surface area contributed by atoms with Crippen LogP contribution in [0.25, 0.3) is 33.5 Å².